The van der Waals surface area contributed by atoms with Crippen LogP contribution in [-0.4, -0.2) is 38.5 Å². The van der Waals surface area contributed by atoms with Crippen LogP contribution in [0.4, 0.5) is 0 Å². The van der Waals surface area contributed by atoms with E-state index in [-0.39, 0.29) is 24.3 Å². The molecule has 11 heteroatoms. The number of hydrogen-bond acceptors (Lipinski definition) is 10. The molecule has 0 spiro atoms. The number of carbonyl (C=O) groups excluding carboxylic acids is 1. The van der Waals surface area contributed by atoms with Crippen molar-refractivity contribution in [1.82, 2.24) is 4.57 Å². The van der Waals surface area contributed by atoms with Gasteiger partial charge in [-0.2, -0.15) is 5.26 Å². The van der Waals surface area contributed by atoms with Crippen LogP contribution in [0.1, 0.15) is 42.1 Å². The molecule has 1 atom stereocenters. The van der Waals surface area contributed by atoms with Gasteiger partial charge in [0, 0.05) is 17.2 Å². The SMILES string of the molecule is CCOC(=O)C1=C(C)N=c2s/c(=C/c3ccc(OCc4ccccc4C#N)c(OC)c3)c(=O)n2[C@H]1c1ccc(OC)cc1OC. The summed E-state index contributed by atoms with van der Waals surface area (Å²) in [5, 5.41) is 9.38. The third kappa shape index (κ3) is 6.18. The molecular formula is C34H31N3O7S. The highest BCUT2D eigenvalue weighted by Gasteiger charge is 2.35. The van der Waals surface area contributed by atoms with E-state index in [4.69, 9.17) is 23.7 Å². The first-order valence-corrected chi connectivity index (χ1v) is 14.9. The lowest BCUT2D eigenvalue weighted by Gasteiger charge is -2.26. The van der Waals surface area contributed by atoms with E-state index in [1.165, 1.54) is 30.1 Å². The molecule has 1 aliphatic heterocycles. The molecule has 1 aromatic heterocycles. The molecule has 0 amide bonds. The van der Waals surface area contributed by atoms with E-state index in [1.54, 1.807) is 69.5 Å². The van der Waals surface area contributed by atoms with Crippen LogP contribution in [0.15, 0.2) is 81.7 Å². The molecular weight excluding hydrogens is 594 g/mol. The van der Waals surface area contributed by atoms with Gasteiger partial charge in [0.05, 0.1) is 55.4 Å². The first-order chi connectivity index (χ1) is 21.8. The number of methoxy groups -OCH3 is 3. The van der Waals surface area contributed by atoms with Gasteiger partial charge in [0.1, 0.15) is 24.1 Å². The van der Waals surface area contributed by atoms with Gasteiger partial charge >= 0.3 is 5.97 Å². The molecule has 0 saturated carbocycles. The van der Waals surface area contributed by atoms with E-state index >= 15 is 0 Å². The number of benzene rings is 3. The number of rotatable bonds is 10. The van der Waals surface area contributed by atoms with Gasteiger partial charge in [-0.25, -0.2) is 9.79 Å². The number of carbonyl (C=O) groups is 1. The molecule has 0 aliphatic carbocycles. The second-order valence-electron chi connectivity index (χ2n) is 9.88. The maximum atomic E-state index is 14.1. The molecule has 0 fully saturated rings. The van der Waals surface area contributed by atoms with Crippen molar-refractivity contribution in [3.8, 4) is 29.1 Å². The van der Waals surface area contributed by atoms with Crippen molar-refractivity contribution in [2.45, 2.75) is 26.5 Å². The van der Waals surface area contributed by atoms with E-state index in [2.05, 4.69) is 11.1 Å². The molecule has 1 aliphatic rings. The van der Waals surface area contributed by atoms with Gasteiger partial charge in [0.2, 0.25) is 0 Å². The smallest absolute Gasteiger partial charge is 0.338 e. The topological polar surface area (TPSA) is 121 Å². The summed E-state index contributed by atoms with van der Waals surface area (Å²) in [7, 11) is 4.60. The number of nitrogens with zero attached hydrogens (tertiary/aromatic N) is 3. The second-order valence-corrected chi connectivity index (χ2v) is 10.9. The normalized spacial score (nSPS) is 14.2. The third-order valence-electron chi connectivity index (χ3n) is 7.26. The van der Waals surface area contributed by atoms with Crippen LogP contribution in [0.2, 0.25) is 0 Å². The molecule has 2 heterocycles. The minimum absolute atomic E-state index is 0.166. The zero-order valence-corrected chi connectivity index (χ0v) is 26.3. The minimum atomic E-state index is -0.843. The average Bonchev–Trinajstić information content (AvgIpc) is 3.36. The number of nitriles is 1. The van der Waals surface area contributed by atoms with Gasteiger partial charge in [-0.15, -0.1) is 0 Å². The van der Waals surface area contributed by atoms with Gasteiger partial charge in [-0.3, -0.25) is 9.36 Å². The molecule has 230 valence electrons. The number of allylic oxidation sites excluding steroid dienone is 1. The second kappa shape index (κ2) is 13.5. The van der Waals surface area contributed by atoms with Crippen LogP contribution < -0.4 is 33.8 Å². The molecule has 10 nitrogen and oxygen atoms in total. The molecule has 4 aromatic rings. The van der Waals surface area contributed by atoms with Crippen LogP contribution in [0.25, 0.3) is 6.08 Å². The summed E-state index contributed by atoms with van der Waals surface area (Å²) < 4.78 is 29.9. The first kappa shape index (κ1) is 31.1. The van der Waals surface area contributed by atoms with Crippen LogP contribution in [-0.2, 0) is 16.1 Å². The molecule has 3 aromatic carbocycles. The van der Waals surface area contributed by atoms with Gasteiger partial charge in [0.15, 0.2) is 16.3 Å². The molecule has 0 N–H and O–H groups in total. The van der Waals surface area contributed by atoms with Crippen molar-refractivity contribution >= 4 is 23.4 Å². The van der Waals surface area contributed by atoms with Crippen LogP contribution in [0, 0.1) is 11.3 Å². The van der Waals surface area contributed by atoms with E-state index < -0.39 is 12.0 Å². The Morgan fingerprint density at radius 3 is 2.51 bits per heavy atom. The monoisotopic (exact) mass is 625 g/mol. The van der Waals surface area contributed by atoms with Crippen molar-refractivity contribution in [2.24, 2.45) is 4.99 Å². The van der Waals surface area contributed by atoms with E-state index in [0.717, 1.165) is 5.56 Å². The quantitative estimate of drug-likeness (QED) is 0.240. The van der Waals surface area contributed by atoms with Crippen molar-refractivity contribution in [3.63, 3.8) is 0 Å². The summed E-state index contributed by atoms with van der Waals surface area (Å²) in [6, 6.07) is 19.1. The Labute approximate surface area is 263 Å². The molecule has 5 rings (SSSR count). The van der Waals surface area contributed by atoms with Gasteiger partial charge < -0.3 is 23.7 Å². The molecule has 0 unspecified atom stereocenters. The Morgan fingerprint density at radius 1 is 1.02 bits per heavy atom. The lowest BCUT2D eigenvalue weighted by molar-refractivity contribution is -0.139. The summed E-state index contributed by atoms with van der Waals surface area (Å²) in [6.45, 7) is 3.81. The van der Waals surface area contributed by atoms with E-state index in [1.807, 2.05) is 18.2 Å². The fraction of sp³-hybridized carbons (Fsp3) is 0.235. The Kier molecular flexibility index (Phi) is 9.35. The van der Waals surface area contributed by atoms with Crippen molar-refractivity contribution in [1.29, 1.82) is 5.26 Å². The fourth-order valence-electron chi connectivity index (χ4n) is 5.09. The Balaban J connectivity index is 1.58. The van der Waals surface area contributed by atoms with Crippen LogP contribution in [0.5, 0.6) is 23.0 Å². The lowest BCUT2D eigenvalue weighted by atomic mass is 9.95. The number of esters is 1. The maximum Gasteiger partial charge on any atom is 0.338 e. The Morgan fingerprint density at radius 2 is 1.80 bits per heavy atom. The summed E-state index contributed by atoms with van der Waals surface area (Å²) in [5.41, 5.74) is 2.95. The average molecular weight is 626 g/mol. The van der Waals surface area contributed by atoms with Crippen molar-refractivity contribution in [2.75, 3.05) is 27.9 Å². The number of ether oxygens (including phenoxy) is 5. The summed E-state index contributed by atoms with van der Waals surface area (Å²) in [5.74, 6) is 1.41. The molecule has 0 radical (unpaired) electrons. The highest BCUT2D eigenvalue weighted by Crippen LogP contribution is 2.37. The Hall–Kier alpha value is -5.34. The summed E-state index contributed by atoms with van der Waals surface area (Å²) in [4.78, 5) is 32.4. The highest BCUT2D eigenvalue weighted by molar-refractivity contribution is 7.07. The lowest BCUT2D eigenvalue weighted by Crippen LogP contribution is -2.40. The maximum absolute atomic E-state index is 14.1. The van der Waals surface area contributed by atoms with Crippen LogP contribution in [0.3, 0.4) is 0 Å². The molecule has 0 saturated heterocycles. The predicted octanol–water partition coefficient (Wildman–Crippen LogP) is 4.27. The van der Waals surface area contributed by atoms with Crippen LogP contribution >= 0.6 is 11.3 Å². The minimum Gasteiger partial charge on any atom is -0.497 e. The standard InChI is InChI=1S/C34H31N3O7S/c1-6-43-33(39)30-20(2)36-34-37(31(30)25-13-12-24(40-3)17-27(25)41-4)32(38)29(45-34)16-21-11-14-26(28(15-21)42-5)44-19-23-10-8-7-9-22(23)18-35/h7-17,31H,6,19H2,1-5H3/b29-16+/t31-/m0/s1. The summed E-state index contributed by atoms with van der Waals surface area (Å²) >= 11 is 1.21. The Bertz CT molecular complexity index is 2020. The van der Waals surface area contributed by atoms with E-state index in [9.17, 15) is 14.9 Å². The number of thiazole rings is 1. The third-order valence-corrected chi connectivity index (χ3v) is 8.24. The number of fused-ring (bicyclic) bond motifs is 1. The highest BCUT2D eigenvalue weighted by atomic mass is 32.1. The zero-order valence-electron chi connectivity index (χ0n) is 25.5. The molecule has 0 bridgehead atoms. The van der Waals surface area contributed by atoms with Gasteiger partial charge in [-0.1, -0.05) is 35.6 Å². The largest absolute Gasteiger partial charge is 0.497 e. The fourth-order valence-corrected chi connectivity index (χ4v) is 6.13. The molecule has 45 heavy (non-hydrogen) atoms. The number of aromatic nitrogens is 1. The summed E-state index contributed by atoms with van der Waals surface area (Å²) in [6.07, 6.45) is 1.74. The predicted molar refractivity (Wildman–Crippen MR) is 168 cm³/mol. The van der Waals surface area contributed by atoms with Gasteiger partial charge in [0.25, 0.3) is 5.56 Å². The van der Waals surface area contributed by atoms with Gasteiger partial charge in [-0.05, 0) is 55.8 Å². The van der Waals surface area contributed by atoms with Crippen molar-refractivity contribution in [3.05, 3.63) is 114 Å². The first-order valence-electron chi connectivity index (χ1n) is 14.0. The van der Waals surface area contributed by atoms with E-state index in [0.29, 0.717) is 54.7 Å². The number of hydrogen-bond donors (Lipinski definition) is 0. The zero-order chi connectivity index (χ0) is 32.1. The van der Waals surface area contributed by atoms with Crippen molar-refractivity contribution < 1.29 is 28.5 Å².